The molecule has 26 heavy (non-hydrogen) atoms. The predicted octanol–water partition coefficient (Wildman–Crippen LogP) is 3.27. The molecule has 1 heterocycles. The Bertz CT molecular complexity index is 987. The maximum Gasteiger partial charge on any atom is 0.417 e. The van der Waals surface area contributed by atoms with Crippen LogP contribution in [-0.2, 0) is 23.2 Å². The fraction of sp³-hybridized carbons (Fsp3) is 0.471. The van der Waals surface area contributed by atoms with Gasteiger partial charge in [0.1, 0.15) is 0 Å². The van der Waals surface area contributed by atoms with Crippen LogP contribution in [0.25, 0.3) is 10.9 Å². The van der Waals surface area contributed by atoms with E-state index in [1.54, 1.807) is 0 Å². The minimum absolute atomic E-state index is 0.0125. The van der Waals surface area contributed by atoms with Gasteiger partial charge in [0.05, 0.1) is 16.0 Å². The first kappa shape index (κ1) is 20.4. The van der Waals surface area contributed by atoms with Crippen molar-refractivity contribution in [2.45, 2.75) is 38.3 Å². The number of alkyl halides is 3. The van der Waals surface area contributed by atoms with Crippen LogP contribution in [0.3, 0.4) is 0 Å². The van der Waals surface area contributed by atoms with E-state index < -0.39 is 27.3 Å². The van der Waals surface area contributed by atoms with E-state index in [4.69, 9.17) is 0 Å². The Kier molecular flexibility index (Phi) is 5.26. The zero-order chi connectivity index (χ0) is 19.9. The van der Waals surface area contributed by atoms with Gasteiger partial charge in [-0.15, -0.1) is 0 Å². The van der Waals surface area contributed by atoms with Crippen molar-refractivity contribution < 1.29 is 21.6 Å². The summed E-state index contributed by atoms with van der Waals surface area (Å²) in [7, 11) is -2.63. The van der Waals surface area contributed by atoms with Crippen LogP contribution >= 0.6 is 0 Å². The molecule has 0 amide bonds. The SMILES string of the molecule is Cn1c(=O)cc(C(F)(F)F)c2cc(S(=O)(=O)NCCC(C)(C)C)ccc21. The van der Waals surface area contributed by atoms with Crippen LogP contribution < -0.4 is 10.3 Å². The number of benzene rings is 1. The maximum atomic E-state index is 13.3. The van der Waals surface area contributed by atoms with Gasteiger partial charge in [-0.1, -0.05) is 20.8 Å². The number of halogens is 3. The van der Waals surface area contributed by atoms with E-state index >= 15 is 0 Å². The van der Waals surface area contributed by atoms with Crippen molar-refractivity contribution in [3.05, 3.63) is 40.2 Å². The Labute approximate surface area is 149 Å². The molecule has 0 saturated heterocycles. The van der Waals surface area contributed by atoms with Crippen molar-refractivity contribution in [1.82, 2.24) is 9.29 Å². The fourth-order valence-corrected chi connectivity index (χ4v) is 3.54. The molecule has 0 fully saturated rings. The highest BCUT2D eigenvalue weighted by atomic mass is 32.2. The number of rotatable bonds is 4. The average molecular weight is 390 g/mol. The van der Waals surface area contributed by atoms with Crippen LogP contribution in [0.2, 0.25) is 0 Å². The number of aryl methyl sites for hydroxylation is 1. The lowest BCUT2D eigenvalue weighted by molar-refractivity contribution is -0.136. The zero-order valence-electron chi connectivity index (χ0n) is 14.9. The van der Waals surface area contributed by atoms with Crippen molar-refractivity contribution in [3.8, 4) is 0 Å². The summed E-state index contributed by atoms with van der Waals surface area (Å²) in [5.74, 6) is 0. The monoisotopic (exact) mass is 390 g/mol. The van der Waals surface area contributed by atoms with Crippen molar-refractivity contribution in [3.63, 3.8) is 0 Å². The van der Waals surface area contributed by atoms with Gasteiger partial charge in [0.2, 0.25) is 10.0 Å². The number of nitrogens with zero attached hydrogens (tertiary/aromatic N) is 1. The van der Waals surface area contributed by atoms with E-state index in [9.17, 15) is 26.4 Å². The van der Waals surface area contributed by atoms with Gasteiger partial charge in [0.25, 0.3) is 5.56 Å². The third-order valence-electron chi connectivity index (χ3n) is 4.00. The van der Waals surface area contributed by atoms with Crippen molar-refractivity contribution >= 4 is 20.9 Å². The second kappa shape index (κ2) is 6.70. The first-order valence-electron chi connectivity index (χ1n) is 7.93. The molecular weight excluding hydrogens is 369 g/mol. The number of fused-ring (bicyclic) bond motifs is 1. The van der Waals surface area contributed by atoms with Crippen LogP contribution in [0, 0.1) is 5.41 Å². The summed E-state index contributed by atoms with van der Waals surface area (Å²) in [6.45, 7) is 6.03. The van der Waals surface area contributed by atoms with Gasteiger partial charge in [-0.25, -0.2) is 13.1 Å². The quantitative estimate of drug-likeness (QED) is 0.871. The molecule has 1 aromatic heterocycles. The maximum absolute atomic E-state index is 13.3. The molecule has 1 aromatic carbocycles. The smallest absolute Gasteiger partial charge is 0.311 e. The Morgan fingerprint density at radius 2 is 1.73 bits per heavy atom. The summed E-state index contributed by atoms with van der Waals surface area (Å²) in [5, 5.41) is -0.335. The van der Waals surface area contributed by atoms with Crippen LogP contribution in [0.15, 0.2) is 34.0 Å². The number of hydrogen-bond acceptors (Lipinski definition) is 3. The molecule has 0 saturated carbocycles. The van der Waals surface area contributed by atoms with Gasteiger partial charge >= 0.3 is 6.18 Å². The summed E-state index contributed by atoms with van der Waals surface area (Å²) >= 11 is 0. The van der Waals surface area contributed by atoms with Crippen LogP contribution in [0.4, 0.5) is 13.2 Å². The van der Waals surface area contributed by atoms with Gasteiger partial charge in [0, 0.05) is 25.0 Å². The Morgan fingerprint density at radius 1 is 1.12 bits per heavy atom. The highest BCUT2D eigenvalue weighted by Gasteiger charge is 2.34. The van der Waals surface area contributed by atoms with Gasteiger partial charge < -0.3 is 4.57 Å². The summed E-state index contributed by atoms with van der Waals surface area (Å²) in [6, 6.07) is 3.84. The largest absolute Gasteiger partial charge is 0.417 e. The summed E-state index contributed by atoms with van der Waals surface area (Å²) in [4.78, 5) is 11.5. The first-order valence-corrected chi connectivity index (χ1v) is 9.41. The lowest BCUT2D eigenvalue weighted by Gasteiger charge is -2.18. The molecule has 1 N–H and O–H groups in total. The minimum atomic E-state index is -4.77. The van der Waals surface area contributed by atoms with Crippen molar-refractivity contribution in [1.29, 1.82) is 0 Å². The van der Waals surface area contributed by atoms with E-state index in [1.807, 2.05) is 20.8 Å². The second-order valence-corrected chi connectivity index (χ2v) is 9.11. The molecule has 2 rings (SSSR count). The van der Waals surface area contributed by atoms with Crippen LogP contribution in [-0.4, -0.2) is 19.5 Å². The van der Waals surface area contributed by atoms with Gasteiger partial charge in [-0.2, -0.15) is 13.2 Å². The standard InChI is InChI=1S/C17H21F3N2O3S/c1-16(2,3)7-8-21-26(24,25)11-5-6-14-12(9-11)13(17(18,19)20)10-15(23)22(14)4/h5-6,9-10,21H,7-8H2,1-4H3. The topological polar surface area (TPSA) is 68.2 Å². The predicted molar refractivity (Wildman–Crippen MR) is 93.5 cm³/mol. The Hall–Kier alpha value is -1.87. The summed E-state index contributed by atoms with van der Waals surface area (Å²) in [6.07, 6.45) is -4.20. The molecule has 0 radical (unpaired) electrons. The number of hydrogen-bond donors (Lipinski definition) is 1. The third kappa shape index (κ3) is 4.45. The lowest BCUT2D eigenvalue weighted by Crippen LogP contribution is -2.27. The van der Waals surface area contributed by atoms with E-state index in [1.165, 1.54) is 19.2 Å². The minimum Gasteiger partial charge on any atom is -0.311 e. The molecule has 0 aliphatic heterocycles. The fourth-order valence-electron chi connectivity index (χ4n) is 2.49. The van der Waals surface area contributed by atoms with E-state index in [0.29, 0.717) is 12.5 Å². The van der Waals surface area contributed by atoms with E-state index in [2.05, 4.69) is 4.72 Å². The van der Waals surface area contributed by atoms with Crippen LogP contribution in [0.5, 0.6) is 0 Å². The molecule has 0 aliphatic rings. The van der Waals surface area contributed by atoms with E-state index in [0.717, 1.165) is 10.6 Å². The second-order valence-electron chi connectivity index (χ2n) is 7.34. The zero-order valence-corrected chi connectivity index (χ0v) is 15.8. The summed E-state index contributed by atoms with van der Waals surface area (Å²) < 4.78 is 68.1. The molecule has 0 aliphatic carbocycles. The molecular formula is C17H21F3N2O3S. The average Bonchev–Trinajstić information content (AvgIpc) is 2.47. The Balaban J connectivity index is 2.54. The van der Waals surface area contributed by atoms with Crippen molar-refractivity contribution in [2.24, 2.45) is 12.5 Å². The van der Waals surface area contributed by atoms with Crippen molar-refractivity contribution in [2.75, 3.05) is 6.54 Å². The van der Waals surface area contributed by atoms with Crippen LogP contribution in [0.1, 0.15) is 32.8 Å². The summed E-state index contributed by atoms with van der Waals surface area (Å²) in [5.41, 5.74) is -2.04. The molecule has 0 unspecified atom stereocenters. The number of sulfonamides is 1. The first-order chi connectivity index (χ1) is 11.7. The highest BCUT2D eigenvalue weighted by Crippen LogP contribution is 2.34. The normalized spacial score (nSPS) is 13.3. The molecule has 5 nitrogen and oxygen atoms in total. The lowest BCUT2D eigenvalue weighted by atomic mass is 9.93. The molecule has 2 aromatic rings. The number of pyridine rings is 1. The van der Waals surface area contributed by atoms with Gasteiger partial charge in [-0.05, 0) is 30.0 Å². The highest BCUT2D eigenvalue weighted by molar-refractivity contribution is 7.89. The third-order valence-corrected chi connectivity index (χ3v) is 5.46. The molecule has 0 spiro atoms. The Morgan fingerprint density at radius 3 is 2.27 bits per heavy atom. The molecule has 9 heteroatoms. The molecule has 0 bridgehead atoms. The van der Waals surface area contributed by atoms with E-state index in [-0.39, 0.29) is 27.8 Å². The number of nitrogens with one attached hydrogen (secondary N) is 1. The van der Waals surface area contributed by atoms with Gasteiger partial charge in [-0.3, -0.25) is 4.79 Å². The number of aromatic nitrogens is 1. The van der Waals surface area contributed by atoms with Gasteiger partial charge in [0.15, 0.2) is 0 Å². The molecule has 144 valence electrons. The molecule has 0 atom stereocenters.